The van der Waals surface area contributed by atoms with Crippen LogP contribution in [0, 0.1) is 6.92 Å². The molecule has 124 valence electrons. The van der Waals surface area contributed by atoms with Gasteiger partial charge in [0.05, 0.1) is 4.90 Å². The van der Waals surface area contributed by atoms with Crippen LogP contribution in [-0.4, -0.2) is 43.0 Å². The van der Waals surface area contributed by atoms with Gasteiger partial charge in [0.25, 0.3) is 0 Å². The van der Waals surface area contributed by atoms with Crippen LogP contribution in [0.25, 0.3) is 0 Å². The van der Waals surface area contributed by atoms with Crippen molar-refractivity contribution in [3.8, 4) is 0 Å². The molecule has 2 aromatic rings. The summed E-state index contributed by atoms with van der Waals surface area (Å²) in [6, 6.07) is 6.63. The lowest BCUT2D eigenvalue weighted by atomic mass is 10.3. The molecule has 1 heterocycles. The number of hydrogen-bond donors (Lipinski definition) is 2. The standard InChI is InChI=1S/C14H19N5O2S2/c1-10-9-15-14(18-22-4)17-13(10)16-11-6-5-7-12(8-11)23(20,21)19(2)3/h5-9H,1-4H3,(H2,15,16,17,18). The van der Waals surface area contributed by atoms with Crippen LogP contribution in [0.2, 0.25) is 0 Å². The summed E-state index contributed by atoms with van der Waals surface area (Å²) < 4.78 is 28.6. The molecule has 0 aliphatic rings. The van der Waals surface area contributed by atoms with Gasteiger partial charge in [-0.2, -0.15) is 4.98 Å². The molecule has 0 aliphatic heterocycles. The lowest BCUT2D eigenvalue weighted by Gasteiger charge is -2.14. The Kier molecular flexibility index (Phi) is 5.45. The van der Waals surface area contributed by atoms with E-state index in [2.05, 4.69) is 20.0 Å². The number of rotatable bonds is 6. The van der Waals surface area contributed by atoms with Gasteiger partial charge in [0, 0.05) is 37.8 Å². The molecule has 2 N–H and O–H groups in total. The number of nitrogens with one attached hydrogen (secondary N) is 2. The smallest absolute Gasteiger partial charge is 0.242 e. The third-order valence-corrected chi connectivity index (χ3v) is 5.24. The third-order valence-electron chi connectivity index (χ3n) is 3.04. The SMILES string of the molecule is CSNc1ncc(C)c(Nc2cccc(S(=O)(=O)N(C)C)c2)n1. The maximum atomic E-state index is 12.2. The van der Waals surface area contributed by atoms with Crippen molar-refractivity contribution < 1.29 is 8.42 Å². The fraction of sp³-hybridized carbons (Fsp3) is 0.286. The summed E-state index contributed by atoms with van der Waals surface area (Å²) in [7, 11) is -0.465. The number of anilines is 3. The van der Waals surface area contributed by atoms with Gasteiger partial charge < -0.3 is 5.32 Å². The van der Waals surface area contributed by atoms with E-state index in [-0.39, 0.29) is 4.90 Å². The van der Waals surface area contributed by atoms with Gasteiger partial charge in [0.2, 0.25) is 16.0 Å². The second-order valence-electron chi connectivity index (χ2n) is 4.97. The predicted octanol–water partition coefficient (Wildman–Crippen LogP) is 2.47. The lowest BCUT2D eigenvalue weighted by molar-refractivity contribution is 0.521. The molecule has 9 heteroatoms. The first-order valence-corrected chi connectivity index (χ1v) is 9.43. The van der Waals surface area contributed by atoms with Gasteiger partial charge in [-0.3, -0.25) is 4.72 Å². The van der Waals surface area contributed by atoms with Crippen molar-refractivity contribution in [3.63, 3.8) is 0 Å². The quantitative estimate of drug-likeness (QED) is 0.771. The Hall–Kier alpha value is -1.84. The van der Waals surface area contributed by atoms with Gasteiger partial charge in [0.1, 0.15) is 5.82 Å². The summed E-state index contributed by atoms with van der Waals surface area (Å²) in [5.74, 6) is 1.11. The Morgan fingerprint density at radius 2 is 2.00 bits per heavy atom. The first-order chi connectivity index (χ1) is 10.8. The van der Waals surface area contributed by atoms with Crippen molar-refractivity contribution >= 4 is 39.4 Å². The number of aromatic nitrogens is 2. The van der Waals surface area contributed by atoms with Gasteiger partial charge in [-0.05, 0) is 25.1 Å². The van der Waals surface area contributed by atoms with E-state index in [0.29, 0.717) is 17.5 Å². The third kappa shape index (κ3) is 4.12. The minimum atomic E-state index is -3.47. The molecule has 0 saturated heterocycles. The zero-order valence-electron chi connectivity index (χ0n) is 13.4. The highest BCUT2D eigenvalue weighted by molar-refractivity contribution is 7.99. The Balaban J connectivity index is 2.33. The largest absolute Gasteiger partial charge is 0.340 e. The molecule has 1 aromatic heterocycles. The van der Waals surface area contributed by atoms with E-state index in [0.717, 1.165) is 5.56 Å². The van der Waals surface area contributed by atoms with Crippen molar-refractivity contribution in [1.82, 2.24) is 14.3 Å². The molecule has 0 saturated carbocycles. The van der Waals surface area contributed by atoms with Crippen molar-refractivity contribution in [1.29, 1.82) is 0 Å². The highest BCUT2D eigenvalue weighted by Crippen LogP contribution is 2.23. The second-order valence-corrected chi connectivity index (χ2v) is 7.74. The summed E-state index contributed by atoms with van der Waals surface area (Å²) in [4.78, 5) is 8.76. The first kappa shape index (κ1) is 17.5. The van der Waals surface area contributed by atoms with Crippen LogP contribution in [0.5, 0.6) is 0 Å². The van der Waals surface area contributed by atoms with E-state index in [1.54, 1.807) is 30.5 Å². The van der Waals surface area contributed by atoms with E-state index >= 15 is 0 Å². The van der Waals surface area contributed by atoms with E-state index in [9.17, 15) is 8.42 Å². The van der Waals surface area contributed by atoms with E-state index < -0.39 is 10.0 Å². The number of hydrogen-bond acceptors (Lipinski definition) is 7. The summed E-state index contributed by atoms with van der Waals surface area (Å²) in [5, 5.41) is 3.14. The van der Waals surface area contributed by atoms with Gasteiger partial charge in [-0.15, -0.1) is 0 Å². The average Bonchev–Trinajstić information content (AvgIpc) is 2.51. The second kappa shape index (κ2) is 7.16. The topological polar surface area (TPSA) is 87.2 Å². The van der Waals surface area contributed by atoms with Gasteiger partial charge >= 0.3 is 0 Å². The van der Waals surface area contributed by atoms with Crippen LogP contribution in [0.15, 0.2) is 35.4 Å². The van der Waals surface area contributed by atoms with Crippen molar-refractivity contribution in [3.05, 3.63) is 36.0 Å². The lowest BCUT2D eigenvalue weighted by Crippen LogP contribution is -2.22. The molecular weight excluding hydrogens is 334 g/mol. The highest BCUT2D eigenvalue weighted by Gasteiger charge is 2.17. The molecule has 7 nitrogen and oxygen atoms in total. The molecule has 23 heavy (non-hydrogen) atoms. The number of aryl methyl sites for hydroxylation is 1. The maximum absolute atomic E-state index is 12.2. The monoisotopic (exact) mass is 353 g/mol. The zero-order valence-corrected chi connectivity index (χ0v) is 15.0. The van der Waals surface area contributed by atoms with Gasteiger partial charge in [-0.25, -0.2) is 17.7 Å². The minimum Gasteiger partial charge on any atom is -0.340 e. The molecule has 0 radical (unpaired) electrons. The van der Waals surface area contributed by atoms with E-state index in [1.165, 1.54) is 30.3 Å². The molecular formula is C14H19N5O2S2. The highest BCUT2D eigenvalue weighted by atomic mass is 32.2. The molecule has 0 unspecified atom stereocenters. The first-order valence-electron chi connectivity index (χ1n) is 6.77. The van der Waals surface area contributed by atoms with Crippen LogP contribution in [0.4, 0.5) is 17.5 Å². The summed E-state index contributed by atoms with van der Waals surface area (Å²) in [6.07, 6.45) is 3.58. The molecule has 1 aromatic carbocycles. The van der Waals surface area contributed by atoms with Crippen molar-refractivity contribution in [2.75, 3.05) is 30.4 Å². The van der Waals surface area contributed by atoms with E-state index in [4.69, 9.17) is 0 Å². The zero-order chi connectivity index (χ0) is 17.0. The Morgan fingerprint density at radius 1 is 1.26 bits per heavy atom. The summed E-state index contributed by atoms with van der Waals surface area (Å²) in [5.41, 5.74) is 1.50. The summed E-state index contributed by atoms with van der Waals surface area (Å²) >= 11 is 1.40. The van der Waals surface area contributed by atoms with Crippen LogP contribution in [-0.2, 0) is 10.0 Å². The Bertz CT molecular complexity index is 794. The predicted molar refractivity (Wildman–Crippen MR) is 94.5 cm³/mol. The number of nitrogens with zero attached hydrogens (tertiary/aromatic N) is 3. The van der Waals surface area contributed by atoms with Crippen LogP contribution < -0.4 is 10.0 Å². The molecule has 0 aliphatic carbocycles. The molecule has 0 bridgehead atoms. The molecule has 0 spiro atoms. The normalized spacial score (nSPS) is 11.5. The Labute approximate surface area is 140 Å². The fourth-order valence-electron chi connectivity index (χ4n) is 1.79. The van der Waals surface area contributed by atoms with Crippen molar-refractivity contribution in [2.45, 2.75) is 11.8 Å². The fourth-order valence-corrected chi connectivity index (χ4v) is 3.02. The maximum Gasteiger partial charge on any atom is 0.242 e. The summed E-state index contributed by atoms with van der Waals surface area (Å²) in [6.45, 7) is 1.88. The van der Waals surface area contributed by atoms with Gasteiger partial charge in [0.15, 0.2) is 0 Å². The van der Waals surface area contributed by atoms with Crippen molar-refractivity contribution in [2.24, 2.45) is 0 Å². The van der Waals surface area contributed by atoms with Crippen LogP contribution in [0.1, 0.15) is 5.56 Å². The number of sulfonamides is 1. The van der Waals surface area contributed by atoms with Crippen LogP contribution >= 0.6 is 11.9 Å². The minimum absolute atomic E-state index is 0.224. The Morgan fingerprint density at radius 3 is 2.65 bits per heavy atom. The van der Waals surface area contributed by atoms with Crippen LogP contribution in [0.3, 0.4) is 0 Å². The molecule has 0 atom stereocenters. The van der Waals surface area contributed by atoms with Gasteiger partial charge in [-0.1, -0.05) is 18.0 Å². The average molecular weight is 353 g/mol. The molecule has 0 fully saturated rings. The van der Waals surface area contributed by atoms with E-state index in [1.807, 2.05) is 13.2 Å². The number of benzene rings is 1. The molecule has 2 rings (SSSR count). The molecule has 0 amide bonds.